The molecule has 1 aliphatic rings. The molecular weight excluding hydrogens is 266 g/mol. The summed E-state index contributed by atoms with van der Waals surface area (Å²) in [5.41, 5.74) is 0. The van der Waals surface area contributed by atoms with Crippen molar-refractivity contribution in [1.82, 2.24) is 15.5 Å². The fourth-order valence-corrected chi connectivity index (χ4v) is 3.19. The summed E-state index contributed by atoms with van der Waals surface area (Å²) in [4.78, 5) is 4.64. The molecular formula is C16H29N3O2. The van der Waals surface area contributed by atoms with Crippen molar-refractivity contribution in [2.24, 2.45) is 5.92 Å². The van der Waals surface area contributed by atoms with E-state index in [2.05, 4.69) is 36.2 Å². The van der Waals surface area contributed by atoms with Gasteiger partial charge in [0.25, 0.3) is 0 Å². The predicted octanol–water partition coefficient (Wildman–Crippen LogP) is 3.44. The minimum atomic E-state index is -0.0897. The SMILES string of the molecule is CCCNC1CCCCC1c1nc(C(OC)C(C)C)no1. The monoisotopic (exact) mass is 295 g/mol. The zero-order valence-corrected chi connectivity index (χ0v) is 13.8. The Morgan fingerprint density at radius 3 is 2.76 bits per heavy atom. The van der Waals surface area contributed by atoms with Gasteiger partial charge in [-0.3, -0.25) is 0 Å². The molecule has 3 unspecified atom stereocenters. The van der Waals surface area contributed by atoms with Gasteiger partial charge >= 0.3 is 0 Å². The number of aromatic nitrogens is 2. The van der Waals surface area contributed by atoms with E-state index in [9.17, 15) is 0 Å². The molecule has 1 aliphatic carbocycles. The van der Waals surface area contributed by atoms with Gasteiger partial charge in [0.15, 0.2) is 0 Å². The number of hydrogen-bond donors (Lipinski definition) is 1. The van der Waals surface area contributed by atoms with Crippen molar-refractivity contribution in [3.63, 3.8) is 0 Å². The molecule has 0 bridgehead atoms. The highest BCUT2D eigenvalue weighted by atomic mass is 16.5. The fraction of sp³-hybridized carbons (Fsp3) is 0.875. The van der Waals surface area contributed by atoms with Gasteiger partial charge in [-0.2, -0.15) is 4.98 Å². The molecule has 5 heteroatoms. The second-order valence-electron chi connectivity index (χ2n) is 6.34. The maximum absolute atomic E-state index is 5.57. The maximum Gasteiger partial charge on any atom is 0.231 e. The second kappa shape index (κ2) is 7.90. The molecule has 120 valence electrons. The van der Waals surface area contributed by atoms with Crippen molar-refractivity contribution >= 4 is 0 Å². The molecule has 3 atom stereocenters. The largest absolute Gasteiger partial charge is 0.373 e. The minimum absolute atomic E-state index is 0.0897. The van der Waals surface area contributed by atoms with Crippen LogP contribution < -0.4 is 5.32 Å². The zero-order valence-electron chi connectivity index (χ0n) is 13.8. The van der Waals surface area contributed by atoms with Gasteiger partial charge in [0.1, 0.15) is 6.10 Å². The van der Waals surface area contributed by atoms with E-state index in [4.69, 9.17) is 9.26 Å². The van der Waals surface area contributed by atoms with Gasteiger partial charge in [0.2, 0.25) is 11.7 Å². The van der Waals surface area contributed by atoms with Crippen LogP contribution in [0.3, 0.4) is 0 Å². The molecule has 21 heavy (non-hydrogen) atoms. The van der Waals surface area contributed by atoms with Gasteiger partial charge in [0, 0.05) is 13.2 Å². The first kappa shape index (κ1) is 16.4. The smallest absolute Gasteiger partial charge is 0.231 e. The molecule has 1 saturated carbocycles. The van der Waals surface area contributed by atoms with Crippen molar-refractivity contribution in [3.8, 4) is 0 Å². The lowest BCUT2D eigenvalue weighted by Crippen LogP contribution is -2.37. The van der Waals surface area contributed by atoms with Gasteiger partial charge in [-0.15, -0.1) is 0 Å². The van der Waals surface area contributed by atoms with Crippen LogP contribution >= 0.6 is 0 Å². The lowest BCUT2D eigenvalue weighted by atomic mass is 9.84. The van der Waals surface area contributed by atoms with Gasteiger partial charge in [-0.25, -0.2) is 0 Å². The van der Waals surface area contributed by atoms with Crippen LogP contribution in [0.1, 0.15) is 76.6 Å². The Labute approximate surface area is 127 Å². The van der Waals surface area contributed by atoms with Gasteiger partial charge in [-0.1, -0.05) is 38.8 Å². The molecule has 1 aromatic heterocycles. The highest BCUT2D eigenvalue weighted by Gasteiger charge is 2.31. The average molecular weight is 295 g/mol. The molecule has 0 spiro atoms. The highest BCUT2D eigenvalue weighted by Crippen LogP contribution is 2.33. The molecule has 0 saturated heterocycles. The number of rotatable bonds is 7. The summed E-state index contributed by atoms with van der Waals surface area (Å²) < 4.78 is 11.1. The lowest BCUT2D eigenvalue weighted by molar-refractivity contribution is 0.0555. The van der Waals surface area contributed by atoms with Crippen molar-refractivity contribution < 1.29 is 9.26 Å². The Hall–Kier alpha value is -0.940. The topological polar surface area (TPSA) is 60.2 Å². The molecule has 0 radical (unpaired) electrons. The first-order chi connectivity index (χ1) is 10.2. The number of nitrogens with zero attached hydrogens (tertiary/aromatic N) is 2. The van der Waals surface area contributed by atoms with E-state index in [1.165, 1.54) is 19.3 Å². The van der Waals surface area contributed by atoms with Crippen LogP contribution in [-0.2, 0) is 4.74 Å². The fourth-order valence-electron chi connectivity index (χ4n) is 3.19. The van der Waals surface area contributed by atoms with Crippen molar-refractivity contribution in [2.75, 3.05) is 13.7 Å². The minimum Gasteiger partial charge on any atom is -0.373 e. The van der Waals surface area contributed by atoms with Crippen LogP contribution in [0.25, 0.3) is 0 Å². The first-order valence-corrected chi connectivity index (χ1v) is 8.27. The number of hydrogen-bond acceptors (Lipinski definition) is 5. The zero-order chi connectivity index (χ0) is 15.2. The lowest BCUT2D eigenvalue weighted by Gasteiger charge is -2.29. The molecule has 1 fully saturated rings. The van der Waals surface area contributed by atoms with Gasteiger partial charge < -0.3 is 14.6 Å². The van der Waals surface area contributed by atoms with Crippen molar-refractivity contribution in [3.05, 3.63) is 11.7 Å². The average Bonchev–Trinajstić information content (AvgIpc) is 2.95. The number of methoxy groups -OCH3 is 1. The van der Waals surface area contributed by atoms with E-state index in [0.29, 0.717) is 23.7 Å². The van der Waals surface area contributed by atoms with E-state index in [1.54, 1.807) is 7.11 Å². The molecule has 1 heterocycles. The Balaban J connectivity index is 2.10. The van der Waals surface area contributed by atoms with E-state index in [0.717, 1.165) is 25.3 Å². The van der Waals surface area contributed by atoms with Crippen LogP contribution in [0.4, 0.5) is 0 Å². The van der Waals surface area contributed by atoms with E-state index < -0.39 is 0 Å². The van der Waals surface area contributed by atoms with Crippen LogP contribution in [0.5, 0.6) is 0 Å². The summed E-state index contributed by atoms with van der Waals surface area (Å²) >= 11 is 0. The summed E-state index contributed by atoms with van der Waals surface area (Å²) in [6.07, 6.45) is 5.91. The van der Waals surface area contributed by atoms with Crippen LogP contribution in [0, 0.1) is 5.92 Å². The molecule has 0 aromatic carbocycles. The Morgan fingerprint density at radius 2 is 2.10 bits per heavy atom. The van der Waals surface area contributed by atoms with Crippen LogP contribution in [0.15, 0.2) is 4.52 Å². The molecule has 1 N–H and O–H groups in total. The Kier molecular flexibility index (Phi) is 6.18. The third-order valence-electron chi connectivity index (χ3n) is 4.31. The molecule has 2 rings (SSSR count). The second-order valence-corrected chi connectivity index (χ2v) is 6.34. The molecule has 0 aliphatic heterocycles. The van der Waals surface area contributed by atoms with Gasteiger partial charge in [0.05, 0.1) is 5.92 Å². The number of nitrogens with one attached hydrogen (secondary N) is 1. The van der Waals surface area contributed by atoms with Crippen LogP contribution in [-0.4, -0.2) is 29.8 Å². The van der Waals surface area contributed by atoms with Crippen molar-refractivity contribution in [2.45, 2.75) is 70.9 Å². The number of ether oxygens (including phenoxy) is 1. The predicted molar refractivity (Wildman–Crippen MR) is 82.2 cm³/mol. The molecule has 5 nitrogen and oxygen atoms in total. The van der Waals surface area contributed by atoms with E-state index in [1.807, 2.05) is 0 Å². The van der Waals surface area contributed by atoms with Gasteiger partial charge in [-0.05, 0) is 31.7 Å². The molecule has 0 amide bonds. The third-order valence-corrected chi connectivity index (χ3v) is 4.31. The summed E-state index contributed by atoms with van der Waals surface area (Å²) in [5.74, 6) is 2.14. The van der Waals surface area contributed by atoms with Crippen LogP contribution in [0.2, 0.25) is 0 Å². The third kappa shape index (κ3) is 4.04. The molecule has 1 aromatic rings. The summed E-state index contributed by atoms with van der Waals surface area (Å²) in [7, 11) is 1.70. The highest BCUT2D eigenvalue weighted by molar-refractivity contribution is 5.03. The maximum atomic E-state index is 5.57. The van der Waals surface area contributed by atoms with E-state index >= 15 is 0 Å². The van der Waals surface area contributed by atoms with E-state index in [-0.39, 0.29) is 6.10 Å². The quantitative estimate of drug-likeness (QED) is 0.835. The Morgan fingerprint density at radius 1 is 1.33 bits per heavy atom. The summed E-state index contributed by atoms with van der Waals surface area (Å²) in [5, 5.41) is 7.80. The van der Waals surface area contributed by atoms with Crippen molar-refractivity contribution in [1.29, 1.82) is 0 Å². The standard InChI is InChI=1S/C16H29N3O2/c1-5-10-17-13-9-7-6-8-12(13)16-18-15(19-21-16)14(20-4)11(2)3/h11-14,17H,5-10H2,1-4H3. The normalized spacial score (nSPS) is 24.4. The summed E-state index contributed by atoms with van der Waals surface area (Å²) in [6, 6.07) is 0.465. The first-order valence-electron chi connectivity index (χ1n) is 8.27. The summed E-state index contributed by atoms with van der Waals surface area (Å²) in [6.45, 7) is 7.46. The Bertz CT molecular complexity index is 419.